The van der Waals surface area contributed by atoms with Gasteiger partial charge >= 0.3 is 0 Å². The smallest absolute Gasteiger partial charge is 0.253 e. The average molecular weight is 349 g/mol. The van der Waals surface area contributed by atoms with E-state index in [9.17, 15) is 14.3 Å². The summed E-state index contributed by atoms with van der Waals surface area (Å²) in [5.41, 5.74) is 1.55. The fourth-order valence-corrected chi connectivity index (χ4v) is 3.72. The van der Waals surface area contributed by atoms with Crippen molar-refractivity contribution < 1.29 is 14.3 Å². The fraction of sp³-hybridized carbons (Fsp3) is 0.227. The van der Waals surface area contributed by atoms with E-state index in [4.69, 9.17) is 0 Å². The van der Waals surface area contributed by atoms with Crippen LogP contribution < -0.4 is 0 Å². The summed E-state index contributed by atoms with van der Waals surface area (Å²) in [6, 6.07) is 20.0. The van der Waals surface area contributed by atoms with E-state index in [0.717, 1.165) is 10.9 Å². The molecule has 1 aliphatic rings. The molecule has 1 aliphatic heterocycles. The predicted molar refractivity (Wildman–Crippen MR) is 99.6 cm³/mol. The van der Waals surface area contributed by atoms with E-state index in [2.05, 4.69) is 30.3 Å². The number of benzene rings is 3. The number of amides is 1. The highest BCUT2D eigenvalue weighted by molar-refractivity contribution is 5.94. The monoisotopic (exact) mass is 349 g/mol. The molecule has 1 fully saturated rings. The third-order valence-electron chi connectivity index (χ3n) is 5.16. The second-order valence-corrected chi connectivity index (χ2v) is 6.83. The van der Waals surface area contributed by atoms with Crippen LogP contribution >= 0.6 is 0 Å². The van der Waals surface area contributed by atoms with Crippen LogP contribution in [0.3, 0.4) is 0 Å². The number of carbonyl (C=O) groups is 1. The summed E-state index contributed by atoms with van der Waals surface area (Å²) in [5.74, 6) is -0.519. The Balaban J connectivity index is 1.50. The molecule has 1 heterocycles. The maximum absolute atomic E-state index is 13.0. The Morgan fingerprint density at radius 2 is 1.73 bits per heavy atom. The van der Waals surface area contributed by atoms with Crippen molar-refractivity contribution in [2.75, 3.05) is 13.1 Å². The molecule has 0 spiro atoms. The molecule has 3 aromatic rings. The van der Waals surface area contributed by atoms with Crippen molar-refractivity contribution in [2.24, 2.45) is 0 Å². The van der Waals surface area contributed by atoms with Crippen LogP contribution in [0.2, 0.25) is 0 Å². The highest BCUT2D eigenvalue weighted by Crippen LogP contribution is 2.31. The van der Waals surface area contributed by atoms with E-state index in [1.54, 1.807) is 4.90 Å². The molecule has 0 aromatic heterocycles. The number of fused-ring (bicyclic) bond motifs is 1. The van der Waals surface area contributed by atoms with Gasteiger partial charge in [-0.25, -0.2) is 4.39 Å². The number of rotatable bonds is 2. The summed E-state index contributed by atoms with van der Waals surface area (Å²) in [7, 11) is 0. The maximum atomic E-state index is 13.0. The van der Waals surface area contributed by atoms with Gasteiger partial charge in [-0.05, 0) is 47.0 Å². The SMILES string of the molecule is O=C(c1ccc(F)cc1)N1CCC(c2ccc3ccccc3c2)C(O)C1. The lowest BCUT2D eigenvalue weighted by Crippen LogP contribution is -2.45. The summed E-state index contributed by atoms with van der Waals surface area (Å²) in [4.78, 5) is 14.2. The molecule has 0 radical (unpaired) electrons. The van der Waals surface area contributed by atoms with Gasteiger partial charge < -0.3 is 10.0 Å². The second kappa shape index (κ2) is 6.89. The van der Waals surface area contributed by atoms with Crippen LogP contribution in [0.15, 0.2) is 66.7 Å². The molecule has 26 heavy (non-hydrogen) atoms. The van der Waals surface area contributed by atoms with Crippen LogP contribution in [-0.2, 0) is 0 Å². The minimum atomic E-state index is -0.616. The molecule has 3 nitrogen and oxygen atoms in total. The summed E-state index contributed by atoms with van der Waals surface area (Å²) < 4.78 is 13.0. The Morgan fingerprint density at radius 3 is 2.46 bits per heavy atom. The van der Waals surface area contributed by atoms with E-state index < -0.39 is 6.10 Å². The summed E-state index contributed by atoms with van der Waals surface area (Å²) in [5, 5.41) is 13.0. The normalized spacial score (nSPS) is 20.3. The zero-order valence-corrected chi connectivity index (χ0v) is 14.3. The quantitative estimate of drug-likeness (QED) is 0.760. The van der Waals surface area contributed by atoms with Crippen molar-refractivity contribution in [3.63, 3.8) is 0 Å². The Kier molecular flexibility index (Phi) is 4.43. The number of likely N-dealkylation sites (tertiary alicyclic amines) is 1. The van der Waals surface area contributed by atoms with E-state index in [-0.39, 0.29) is 24.2 Å². The first-order chi connectivity index (χ1) is 12.6. The van der Waals surface area contributed by atoms with Crippen LogP contribution in [-0.4, -0.2) is 35.1 Å². The third kappa shape index (κ3) is 3.20. The van der Waals surface area contributed by atoms with E-state index >= 15 is 0 Å². The maximum Gasteiger partial charge on any atom is 0.253 e. The van der Waals surface area contributed by atoms with Crippen molar-refractivity contribution in [3.05, 3.63) is 83.7 Å². The number of piperidine rings is 1. The number of β-amino-alcohol motifs (C(OH)–C–C–N with tert-alkyl or cyclic N) is 1. The first-order valence-corrected chi connectivity index (χ1v) is 8.83. The molecule has 4 heteroatoms. The van der Waals surface area contributed by atoms with Crippen LogP contribution in [0.4, 0.5) is 4.39 Å². The van der Waals surface area contributed by atoms with E-state index in [1.165, 1.54) is 29.7 Å². The van der Waals surface area contributed by atoms with Crippen LogP contribution in [0, 0.1) is 5.82 Å². The lowest BCUT2D eigenvalue weighted by Gasteiger charge is -2.36. The molecular weight excluding hydrogens is 329 g/mol. The molecule has 132 valence electrons. The molecular formula is C22H20FNO2. The van der Waals surface area contributed by atoms with Gasteiger partial charge in [0.15, 0.2) is 0 Å². The standard InChI is InChI=1S/C22H20FNO2/c23-19-9-7-16(8-10-19)22(26)24-12-11-20(21(25)14-24)18-6-5-15-3-1-2-4-17(15)13-18/h1-10,13,20-21,25H,11-12,14H2. The van der Waals surface area contributed by atoms with E-state index in [0.29, 0.717) is 18.5 Å². The second-order valence-electron chi connectivity index (χ2n) is 6.83. The zero-order valence-electron chi connectivity index (χ0n) is 14.3. The van der Waals surface area contributed by atoms with Gasteiger partial charge in [0.2, 0.25) is 0 Å². The number of nitrogens with zero attached hydrogens (tertiary/aromatic N) is 1. The Bertz CT molecular complexity index is 938. The molecule has 2 atom stereocenters. The molecule has 3 aromatic carbocycles. The van der Waals surface area contributed by atoms with E-state index in [1.807, 2.05) is 12.1 Å². The number of hydrogen-bond donors (Lipinski definition) is 1. The largest absolute Gasteiger partial charge is 0.391 e. The lowest BCUT2D eigenvalue weighted by molar-refractivity contribution is 0.0382. The third-order valence-corrected chi connectivity index (χ3v) is 5.16. The van der Waals surface area contributed by atoms with Gasteiger partial charge in [0.05, 0.1) is 6.10 Å². The minimum Gasteiger partial charge on any atom is -0.391 e. The topological polar surface area (TPSA) is 40.5 Å². The van der Waals surface area contributed by atoms with Crippen molar-refractivity contribution in [3.8, 4) is 0 Å². The van der Waals surface area contributed by atoms with Gasteiger partial charge in [0, 0.05) is 24.6 Å². The molecule has 1 saturated heterocycles. The summed E-state index contributed by atoms with van der Waals surface area (Å²) in [6.07, 6.45) is 0.0845. The summed E-state index contributed by atoms with van der Waals surface area (Å²) >= 11 is 0. The number of halogens is 1. The van der Waals surface area contributed by atoms with Crippen LogP contribution in [0.5, 0.6) is 0 Å². The number of hydrogen-bond acceptors (Lipinski definition) is 2. The number of carbonyl (C=O) groups excluding carboxylic acids is 1. The first kappa shape index (κ1) is 16.7. The van der Waals surface area contributed by atoms with Gasteiger partial charge in [-0.15, -0.1) is 0 Å². The Morgan fingerprint density at radius 1 is 1.00 bits per heavy atom. The van der Waals surface area contributed by atoms with Gasteiger partial charge in [-0.1, -0.05) is 42.5 Å². The van der Waals surface area contributed by atoms with Gasteiger partial charge in [0.1, 0.15) is 5.82 Å². The predicted octanol–water partition coefficient (Wildman–Crippen LogP) is 3.97. The van der Waals surface area contributed by atoms with Crippen molar-refractivity contribution >= 4 is 16.7 Å². The molecule has 0 saturated carbocycles. The fourth-order valence-electron chi connectivity index (χ4n) is 3.72. The molecule has 2 unspecified atom stereocenters. The van der Waals surface area contributed by atoms with Gasteiger partial charge in [-0.2, -0.15) is 0 Å². The molecule has 4 rings (SSSR count). The molecule has 0 bridgehead atoms. The van der Waals surface area contributed by atoms with Crippen molar-refractivity contribution in [2.45, 2.75) is 18.4 Å². The highest BCUT2D eigenvalue weighted by Gasteiger charge is 2.31. The van der Waals surface area contributed by atoms with Crippen molar-refractivity contribution in [1.29, 1.82) is 0 Å². The molecule has 1 amide bonds. The van der Waals surface area contributed by atoms with Crippen LogP contribution in [0.1, 0.15) is 28.3 Å². The Hall–Kier alpha value is -2.72. The number of aliphatic hydroxyl groups is 1. The first-order valence-electron chi connectivity index (χ1n) is 8.83. The van der Waals surface area contributed by atoms with Gasteiger partial charge in [0.25, 0.3) is 5.91 Å². The molecule has 0 aliphatic carbocycles. The minimum absolute atomic E-state index is 0.0110. The van der Waals surface area contributed by atoms with Gasteiger partial charge in [-0.3, -0.25) is 4.79 Å². The summed E-state index contributed by atoms with van der Waals surface area (Å²) in [6.45, 7) is 0.860. The van der Waals surface area contributed by atoms with Crippen LogP contribution in [0.25, 0.3) is 10.8 Å². The lowest BCUT2D eigenvalue weighted by atomic mass is 9.86. The molecule has 1 N–H and O–H groups in total. The highest BCUT2D eigenvalue weighted by atomic mass is 19.1. The van der Waals surface area contributed by atoms with Crippen molar-refractivity contribution in [1.82, 2.24) is 4.90 Å². The Labute approximate surface area is 151 Å². The average Bonchev–Trinajstić information content (AvgIpc) is 2.67. The zero-order chi connectivity index (χ0) is 18.1. The number of aliphatic hydroxyl groups excluding tert-OH is 1.